The molecule has 2 amide bonds. The monoisotopic (exact) mass is 342 g/mol. The van der Waals surface area contributed by atoms with Crippen molar-refractivity contribution in [1.82, 2.24) is 20.2 Å². The lowest BCUT2D eigenvalue weighted by molar-refractivity contribution is 0.167. The molecule has 2 heterocycles. The van der Waals surface area contributed by atoms with Gasteiger partial charge in [0.1, 0.15) is 5.82 Å². The number of imidazole rings is 1. The maximum absolute atomic E-state index is 11.8. The first kappa shape index (κ1) is 17.5. The number of hydrogen-bond acceptors (Lipinski definition) is 3. The van der Waals surface area contributed by atoms with Gasteiger partial charge in [0.05, 0.1) is 11.8 Å². The predicted octanol–water partition coefficient (Wildman–Crippen LogP) is 2.18. The van der Waals surface area contributed by atoms with Crippen LogP contribution in [-0.4, -0.2) is 33.8 Å². The lowest BCUT2D eigenvalue weighted by atomic mass is 10.1. The number of hydrogen-bond donors (Lipinski definition) is 3. The van der Waals surface area contributed by atoms with Gasteiger partial charge in [-0.3, -0.25) is 0 Å². The number of fused-ring (bicyclic) bond motifs is 1. The van der Waals surface area contributed by atoms with Gasteiger partial charge in [-0.25, -0.2) is 9.78 Å². The summed E-state index contributed by atoms with van der Waals surface area (Å²) in [6, 6.07) is 9.27. The lowest BCUT2D eigenvalue weighted by Gasteiger charge is -2.12. The van der Waals surface area contributed by atoms with Crippen molar-refractivity contribution in [2.45, 2.75) is 44.8 Å². The van der Waals surface area contributed by atoms with E-state index in [1.54, 1.807) is 0 Å². The van der Waals surface area contributed by atoms with E-state index in [9.17, 15) is 9.90 Å². The molecule has 134 valence electrons. The summed E-state index contributed by atoms with van der Waals surface area (Å²) in [6.07, 6.45) is 6.26. The number of benzene rings is 1. The molecule has 6 heteroatoms. The Kier molecular flexibility index (Phi) is 6.06. The standard InChI is InChI=1S/C19H26N4O2/c24-17(15-6-2-1-3-7-15)10-12-21-19(25)20-11-9-16-14-23-13-5-4-8-18(23)22-16/h1-3,6-7,14,17,24H,4-5,8-13H2,(H2,20,21,25). The van der Waals surface area contributed by atoms with Crippen LogP contribution >= 0.6 is 0 Å². The van der Waals surface area contributed by atoms with Gasteiger partial charge in [0.25, 0.3) is 0 Å². The number of nitrogens with one attached hydrogen (secondary N) is 2. The highest BCUT2D eigenvalue weighted by atomic mass is 16.3. The second-order valence-electron chi connectivity index (χ2n) is 6.45. The quantitative estimate of drug-likeness (QED) is 0.722. The molecule has 0 spiro atoms. The molecule has 3 rings (SSSR count). The molecule has 1 aromatic carbocycles. The molecule has 1 aromatic heterocycles. The van der Waals surface area contributed by atoms with E-state index in [1.807, 2.05) is 30.3 Å². The number of urea groups is 1. The SMILES string of the molecule is O=C(NCCc1cn2c(n1)CCCC2)NCCC(O)c1ccccc1. The number of aromatic nitrogens is 2. The predicted molar refractivity (Wildman–Crippen MR) is 96.3 cm³/mol. The van der Waals surface area contributed by atoms with Crippen LogP contribution in [0, 0.1) is 0 Å². The molecule has 0 fully saturated rings. The molecular formula is C19H26N4O2. The summed E-state index contributed by atoms with van der Waals surface area (Å²) in [6.45, 7) is 2.05. The largest absolute Gasteiger partial charge is 0.388 e. The van der Waals surface area contributed by atoms with Crippen molar-refractivity contribution in [2.75, 3.05) is 13.1 Å². The third-order valence-corrected chi connectivity index (χ3v) is 4.51. The third-order valence-electron chi connectivity index (χ3n) is 4.51. The minimum absolute atomic E-state index is 0.204. The van der Waals surface area contributed by atoms with Crippen LogP contribution in [0.3, 0.4) is 0 Å². The molecule has 3 N–H and O–H groups in total. The summed E-state index contributed by atoms with van der Waals surface area (Å²) in [5, 5.41) is 15.7. The van der Waals surface area contributed by atoms with Crippen molar-refractivity contribution in [3.63, 3.8) is 0 Å². The molecule has 2 aromatic rings. The number of aryl methyl sites for hydroxylation is 2. The van der Waals surface area contributed by atoms with Crippen LogP contribution in [0.1, 0.15) is 42.4 Å². The molecule has 25 heavy (non-hydrogen) atoms. The fourth-order valence-electron chi connectivity index (χ4n) is 3.12. The van der Waals surface area contributed by atoms with Crippen molar-refractivity contribution in [3.8, 4) is 0 Å². The first-order chi connectivity index (χ1) is 12.2. The Labute approximate surface area is 148 Å². The second-order valence-corrected chi connectivity index (χ2v) is 6.45. The van der Waals surface area contributed by atoms with Crippen LogP contribution < -0.4 is 10.6 Å². The van der Waals surface area contributed by atoms with Gasteiger partial charge in [0.2, 0.25) is 0 Å². The van der Waals surface area contributed by atoms with Gasteiger partial charge in [-0.05, 0) is 24.8 Å². The molecule has 1 atom stereocenters. The first-order valence-corrected chi connectivity index (χ1v) is 9.02. The van der Waals surface area contributed by atoms with Crippen LogP contribution in [0.25, 0.3) is 0 Å². The topological polar surface area (TPSA) is 79.2 Å². The van der Waals surface area contributed by atoms with E-state index in [2.05, 4.69) is 26.4 Å². The summed E-state index contributed by atoms with van der Waals surface area (Å²) in [4.78, 5) is 16.4. The van der Waals surface area contributed by atoms with E-state index < -0.39 is 6.10 Å². The van der Waals surface area contributed by atoms with Crippen molar-refractivity contribution < 1.29 is 9.90 Å². The van der Waals surface area contributed by atoms with E-state index in [0.717, 1.165) is 30.6 Å². The van der Waals surface area contributed by atoms with Gasteiger partial charge in [-0.1, -0.05) is 30.3 Å². The van der Waals surface area contributed by atoms with Crippen molar-refractivity contribution >= 4 is 6.03 Å². The number of rotatable bonds is 7. The number of carbonyl (C=O) groups is 1. The highest BCUT2D eigenvalue weighted by molar-refractivity contribution is 5.73. The molecule has 0 aliphatic carbocycles. The number of nitrogens with zero attached hydrogens (tertiary/aromatic N) is 2. The van der Waals surface area contributed by atoms with E-state index in [0.29, 0.717) is 19.5 Å². The summed E-state index contributed by atoms with van der Waals surface area (Å²) in [5.41, 5.74) is 1.91. The van der Waals surface area contributed by atoms with Crippen LogP contribution in [-0.2, 0) is 19.4 Å². The fourth-order valence-corrected chi connectivity index (χ4v) is 3.12. The third kappa shape index (κ3) is 5.06. The van der Waals surface area contributed by atoms with E-state index in [-0.39, 0.29) is 6.03 Å². The van der Waals surface area contributed by atoms with Crippen LogP contribution in [0.15, 0.2) is 36.5 Å². The second kappa shape index (κ2) is 8.67. The minimum atomic E-state index is -0.557. The molecule has 0 radical (unpaired) electrons. The van der Waals surface area contributed by atoms with E-state index in [4.69, 9.17) is 0 Å². The Hall–Kier alpha value is -2.34. The summed E-state index contributed by atoms with van der Waals surface area (Å²) in [5.74, 6) is 1.17. The van der Waals surface area contributed by atoms with Gasteiger partial charge >= 0.3 is 6.03 Å². The van der Waals surface area contributed by atoms with Crippen LogP contribution in [0.5, 0.6) is 0 Å². The summed E-state index contributed by atoms with van der Waals surface area (Å²) >= 11 is 0. The normalized spacial score (nSPS) is 14.6. The summed E-state index contributed by atoms with van der Waals surface area (Å²) < 4.78 is 2.23. The molecule has 1 aliphatic heterocycles. The molecular weight excluding hydrogens is 316 g/mol. The zero-order valence-corrected chi connectivity index (χ0v) is 14.4. The van der Waals surface area contributed by atoms with Crippen molar-refractivity contribution in [1.29, 1.82) is 0 Å². The number of carbonyl (C=O) groups excluding carboxylic acids is 1. The average Bonchev–Trinajstić information content (AvgIpc) is 3.05. The van der Waals surface area contributed by atoms with Gasteiger partial charge in [-0.15, -0.1) is 0 Å². The number of aliphatic hydroxyl groups is 1. The number of amides is 2. The van der Waals surface area contributed by atoms with Crippen molar-refractivity contribution in [2.24, 2.45) is 0 Å². The van der Waals surface area contributed by atoms with Gasteiger partial charge in [0, 0.05) is 38.7 Å². The molecule has 0 bridgehead atoms. The highest BCUT2D eigenvalue weighted by Crippen LogP contribution is 2.15. The fraction of sp³-hybridized carbons (Fsp3) is 0.474. The van der Waals surface area contributed by atoms with Gasteiger partial charge in [0.15, 0.2) is 0 Å². The maximum atomic E-state index is 11.8. The lowest BCUT2D eigenvalue weighted by Crippen LogP contribution is -2.37. The first-order valence-electron chi connectivity index (χ1n) is 9.02. The zero-order valence-electron chi connectivity index (χ0n) is 14.4. The highest BCUT2D eigenvalue weighted by Gasteiger charge is 2.12. The van der Waals surface area contributed by atoms with Crippen LogP contribution in [0.4, 0.5) is 4.79 Å². The average molecular weight is 342 g/mol. The Morgan fingerprint density at radius 1 is 1.20 bits per heavy atom. The minimum Gasteiger partial charge on any atom is -0.388 e. The maximum Gasteiger partial charge on any atom is 0.314 e. The molecule has 6 nitrogen and oxygen atoms in total. The Bertz CT molecular complexity index is 660. The number of aliphatic hydroxyl groups excluding tert-OH is 1. The summed E-state index contributed by atoms with van der Waals surface area (Å²) in [7, 11) is 0. The molecule has 0 saturated heterocycles. The van der Waals surface area contributed by atoms with Crippen LogP contribution in [0.2, 0.25) is 0 Å². The smallest absolute Gasteiger partial charge is 0.314 e. The Morgan fingerprint density at radius 3 is 2.80 bits per heavy atom. The molecule has 1 aliphatic rings. The van der Waals surface area contributed by atoms with Gasteiger partial charge < -0.3 is 20.3 Å². The van der Waals surface area contributed by atoms with Crippen molar-refractivity contribution in [3.05, 3.63) is 53.6 Å². The molecule has 1 unspecified atom stereocenters. The van der Waals surface area contributed by atoms with E-state index >= 15 is 0 Å². The zero-order chi connectivity index (χ0) is 17.5. The van der Waals surface area contributed by atoms with Gasteiger partial charge in [-0.2, -0.15) is 0 Å². The molecule has 0 saturated carbocycles. The van der Waals surface area contributed by atoms with E-state index in [1.165, 1.54) is 18.7 Å². The Morgan fingerprint density at radius 2 is 2.00 bits per heavy atom. The Balaban J connectivity index is 1.32.